The van der Waals surface area contributed by atoms with E-state index >= 15 is 0 Å². The molecular formula is C18H20O5S. The number of fused-ring (bicyclic) bond motifs is 1. The van der Waals surface area contributed by atoms with Gasteiger partial charge in [-0.3, -0.25) is 0 Å². The van der Waals surface area contributed by atoms with Crippen molar-refractivity contribution in [2.24, 2.45) is 0 Å². The van der Waals surface area contributed by atoms with Crippen LogP contribution in [0.1, 0.15) is 31.3 Å². The molecular weight excluding hydrogens is 328 g/mol. The minimum Gasteiger partial charge on any atom is -0.460 e. The summed E-state index contributed by atoms with van der Waals surface area (Å²) in [4.78, 5) is 0. The van der Waals surface area contributed by atoms with Crippen molar-refractivity contribution >= 4 is 10.1 Å². The predicted octanol–water partition coefficient (Wildman–Crippen LogP) is 3.41. The Balaban J connectivity index is 1.98. The summed E-state index contributed by atoms with van der Waals surface area (Å²) in [5.74, 6) is 0.929. The highest BCUT2D eigenvalue weighted by molar-refractivity contribution is 7.86. The Labute approximate surface area is 142 Å². The number of ether oxygens (including phenoxy) is 2. The molecule has 0 fully saturated rings. The fraction of sp³-hybridized carbons (Fsp3) is 0.333. The van der Waals surface area contributed by atoms with Crippen LogP contribution in [0.2, 0.25) is 0 Å². The first-order chi connectivity index (χ1) is 11.2. The summed E-state index contributed by atoms with van der Waals surface area (Å²) in [6, 6.07) is 14.7. The maximum atomic E-state index is 11.4. The van der Waals surface area contributed by atoms with Gasteiger partial charge in [-0.1, -0.05) is 44.2 Å². The molecule has 1 atom stereocenters. The zero-order valence-corrected chi connectivity index (χ0v) is 14.7. The van der Waals surface area contributed by atoms with Crippen molar-refractivity contribution in [2.75, 3.05) is 12.9 Å². The van der Waals surface area contributed by atoms with Crippen LogP contribution in [0, 0.1) is 0 Å². The van der Waals surface area contributed by atoms with Crippen LogP contribution in [-0.4, -0.2) is 21.3 Å². The zero-order valence-electron chi connectivity index (χ0n) is 13.9. The van der Waals surface area contributed by atoms with Crippen LogP contribution < -0.4 is 8.92 Å². The van der Waals surface area contributed by atoms with Crippen LogP contribution in [0.3, 0.4) is 0 Å². The van der Waals surface area contributed by atoms with Crippen molar-refractivity contribution in [3.05, 3.63) is 59.7 Å². The van der Waals surface area contributed by atoms with Crippen molar-refractivity contribution < 1.29 is 22.1 Å². The summed E-state index contributed by atoms with van der Waals surface area (Å²) >= 11 is 0. The zero-order chi connectivity index (χ0) is 17.4. The van der Waals surface area contributed by atoms with E-state index in [1.165, 1.54) is 0 Å². The normalized spacial score (nSPS) is 19.7. The van der Waals surface area contributed by atoms with Gasteiger partial charge in [0.05, 0.1) is 12.9 Å². The molecule has 0 saturated carbocycles. The Bertz CT molecular complexity index is 828. The van der Waals surface area contributed by atoms with Crippen molar-refractivity contribution in [3.8, 4) is 11.5 Å². The maximum absolute atomic E-state index is 11.4. The monoisotopic (exact) mass is 348 g/mol. The molecule has 0 amide bonds. The SMILES string of the molecule is CC1(C)COC(c2ccccc2)Oc2ccc(OS(C)(=O)=O)cc21. The van der Waals surface area contributed by atoms with Gasteiger partial charge < -0.3 is 13.7 Å². The summed E-state index contributed by atoms with van der Waals surface area (Å²) < 4.78 is 39.7. The predicted molar refractivity (Wildman–Crippen MR) is 90.7 cm³/mol. The molecule has 6 heteroatoms. The molecule has 24 heavy (non-hydrogen) atoms. The topological polar surface area (TPSA) is 61.8 Å². The minimum atomic E-state index is -3.58. The van der Waals surface area contributed by atoms with Gasteiger partial charge in [-0.25, -0.2) is 0 Å². The van der Waals surface area contributed by atoms with Gasteiger partial charge in [0.25, 0.3) is 0 Å². The summed E-state index contributed by atoms with van der Waals surface area (Å²) in [6.07, 6.45) is 0.517. The van der Waals surface area contributed by atoms with Crippen LogP contribution in [0.25, 0.3) is 0 Å². The molecule has 0 radical (unpaired) electrons. The standard InChI is InChI=1S/C18H20O5S/c1-18(2)12-21-17(13-7-5-4-6-8-13)22-16-10-9-14(11-15(16)18)23-24(3,19)20/h4-11,17H,12H2,1-3H3. The van der Waals surface area contributed by atoms with Gasteiger partial charge >= 0.3 is 10.1 Å². The smallest absolute Gasteiger partial charge is 0.306 e. The van der Waals surface area contributed by atoms with Crippen LogP contribution in [0.4, 0.5) is 0 Å². The number of rotatable bonds is 3. The van der Waals surface area contributed by atoms with E-state index in [0.29, 0.717) is 12.4 Å². The highest BCUT2D eigenvalue weighted by atomic mass is 32.2. The summed E-state index contributed by atoms with van der Waals surface area (Å²) in [5, 5.41) is 0. The Morgan fingerprint density at radius 1 is 1.12 bits per heavy atom. The van der Waals surface area contributed by atoms with Crippen LogP contribution in [0.5, 0.6) is 11.5 Å². The van der Waals surface area contributed by atoms with Crippen LogP contribution in [-0.2, 0) is 20.3 Å². The van der Waals surface area contributed by atoms with Gasteiger partial charge in [-0.05, 0) is 18.2 Å². The van der Waals surface area contributed by atoms with E-state index < -0.39 is 16.4 Å². The molecule has 1 unspecified atom stereocenters. The molecule has 2 aromatic rings. The first-order valence-electron chi connectivity index (χ1n) is 7.62. The molecule has 0 saturated heterocycles. The second-order valence-corrected chi connectivity index (χ2v) is 8.08. The summed E-state index contributed by atoms with van der Waals surface area (Å²) in [5.41, 5.74) is 1.43. The van der Waals surface area contributed by atoms with Gasteiger partial charge in [-0.15, -0.1) is 0 Å². The quantitative estimate of drug-likeness (QED) is 0.796. The lowest BCUT2D eigenvalue weighted by Crippen LogP contribution is -2.23. The molecule has 1 heterocycles. The third-order valence-electron chi connectivity index (χ3n) is 3.83. The van der Waals surface area contributed by atoms with Crippen LogP contribution >= 0.6 is 0 Å². The molecule has 1 aliphatic rings. The highest BCUT2D eigenvalue weighted by Crippen LogP contribution is 2.40. The summed E-state index contributed by atoms with van der Waals surface area (Å²) in [6.45, 7) is 4.47. The molecule has 0 bridgehead atoms. The molecule has 0 aromatic heterocycles. The maximum Gasteiger partial charge on any atom is 0.306 e. The molecule has 0 spiro atoms. The van der Waals surface area contributed by atoms with Crippen molar-refractivity contribution in [1.29, 1.82) is 0 Å². The molecule has 5 nitrogen and oxygen atoms in total. The molecule has 3 rings (SSSR count). The fourth-order valence-corrected chi connectivity index (χ4v) is 3.11. The third-order valence-corrected chi connectivity index (χ3v) is 4.32. The van der Waals surface area contributed by atoms with Gasteiger partial charge in [-0.2, -0.15) is 8.42 Å². The second kappa shape index (κ2) is 6.11. The largest absolute Gasteiger partial charge is 0.460 e. The number of hydrogen-bond donors (Lipinski definition) is 0. The Hall–Kier alpha value is -2.05. The van der Waals surface area contributed by atoms with Crippen LogP contribution in [0.15, 0.2) is 48.5 Å². The molecule has 128 valence electrons. The van der Waals surface area contributed by atoms with E-state index in [4.69, 9.17) is 13.7 Å². The molecule has 1 aliphatic heterocycles. The lowest BCUT2D eigenvalue weighted by atomic mass is 9.85. The number of hydrogen-bond acceptors (Lipinski definition) is 5. The first-order valence-corrected chi connectivity index (χ1v) is 9.43. The van der Waals surface area contributed by atoms with Gasteiger partial charge in [0.1, 0.15) is 11.5 Å². The van der Waals surface area contributed by atoms with E-state index in [0.717, 1.165) is 17.4 Å². The Morgan fingerprint density at radius 3 is 2.50 bits per heavy atom. The number of benzene rings is 2. The first kappa shape index (κ1) is 16.8. The van der Waals surface area contributed by atoms with E-state index in [9.17, 15) is 8.42 Å². The Morgan fingerprint density at radius 2 is 1.83 bits per heavy atom. The van der Waals surface area contributed by atoms with Gasteiger partial charge in [0.15, 0.2) is 0 Å². The second-order valence-electron chi connectivity index (χ2n) is 6.50. The highest BCUT2D eigenvalue weighted by Gasteiger charge is 2.32. The third kappa shape index (κ3) is 3.71. The minimum absolute atomic E-state index is 0.270. The van der Waals surface area contributed by atoms with E-state index in [2.05, 4.69) is 0 Å². The van der Waals surface area contributed by atoms with E-state index in [1.54, 1.807) is 18.2 Å². The lowest BCUT2D eigenvalue weighted by Gasteiger charge is -2.23. The molecule has 0 aliphatic carbocycles. The van der Waals surface area contributed by atoms with Gasteiger partial charge in [0.2, 0.25) is 6.29 Å². The summed E-state index contributed by atoms with van der Waals surface area (Å²) in [7, 11) is -3.58. The van der Waals surface area contributed by atoms with Crippen molar-refractivity contribution in [1.82, 2.24) is 0 Å². The van der Waals surface area contributed by atoms with E-state index in [-0.39, 0.29) is 11.2 Å². The van der Waals surface area contributed by atoms with Gasteiger partial charge in [0, 0.05) is 16.5 Å². The van der Waals surface area contributed by atoms with E-state index in [1.807, 2.05) is 44.2 Å². The van der Waals surface area contributed by atoms with Crippen molar-refractivity contribution in [2.45, 2.75) is 25.6 Å². The molecule has 0 N–H and O–H groups in total. The lowest BCUT2D eigenvalue weighted by molar-refractivity contribution is -0.0861. The fourth-order valence-electron chi connectivity index (χ4n) is 2.65. The van der Waals surface area contributed by atoms with Crippen molar-refractivity contribution in [3.63, 3.8) is 0 Å². The Kier molecular flexibility index (Phi) is 4.27. The average Bonchev–Trinajstić information content (AvgIpc) is 2.64. The average molecular weight is 348 g/mol. The molecule has 2 aromatic carbocycles.